The van der Waals surface area contributed by atoms with Crippen molar-refractivity contribution in [3.8, 4) is 0 Å². The fourth-order valence-corrected chi connectivity index (χ4v) is 3.13. The molecule has 1 heterocycles. The summed E-state index contributed by atoms with van der Waals surface area (Å²) in [6.45, 7) is 5.68. The van der Waals surface area contributed by atoms with Crippen molar-refractivity contribution in [2.45, 2.75) is 32.1 Å². The number of nitrogens with one attached hydrogen (secondary N) is 2. The maximum absolute atomic E-state index is 12.1. The number of hydrogen-bond donors (Lipinski definition) is 2. The third kappa shape index (κ3) is 3.50. The Bertz CT molecular complexity index is 516. The highest BCUT2D eigenvalue weighted by Gasteiger charge is 2.43. The molecule has 0 unspecified atom stereocenters. The van der Waals surface area contributed by atoms with Gasteiger partial charge in [-0.25, -0.2) is 5.43 Å². The molecule has 0 radical (unpaired) electrons. The predicted octanol–water partition coefficient (Wildman–Crippen LogP) is 0.961. The van der Waals surface area contributed by atoms with Crippen molar-refractivity contribution in [3.05, 3.63) is 35.9 Å². The average molecular weight is 286 g/mol. The van der Waals surface area contributed by atoms with Gasteiger partial charge >= 0.3 is 0 Å². The van der Waals surface area contributed by atoms with E-state index in [2.05, 4.69) is 29.6 Å². The first-order valence-electron chi connectivity index (χ1n) is 8.01. The van der Waals surface area contributed by atoms with Gasteiger partial charge in [0.2, 0.25) is 5.91 Å². The molecule has 21 heavy (non-hydrogen) atoms. The molecular formula is C17H24N3O+. The number of quaternary nitrogens is 1. The molecule has 112 valence electrons. The van der Waals surface area contributed by atoms with Gasteiger partial charge < -0.3 is 4.90 Å². The second-order valence-corrected chi connectivity index (χ2v) is 6.12. The van der Waals surface area contributed by atoms with Gasteiger partial charge in [0.25, 0.3) is 0 Å². The first-order chi connectivity index (χ1) is 10.3. The Labute approximate surface area is 126 Å². The zero-order valence-corrected chi connectivity index (χ0v) is 12.6. The van der Waals surface area contributed by atoms with Crippen LogP contribution in [0.4, 0.5) is 0 Å². The average Bonchev–Trinajstić information content (AvgIpc) is 3.35. The van der Waals surface area contributed by atoms with E-state index in [1.165, 1.54) is 12.1 Å². The number of piperidine rings is 1. The summed E-state index contributed by atoms with van der Waals surface area (Å²) in [7, 11) is 0. The normalized spacial score (nSPS) is 28.0. The fraction of sp³-hybridized carbons (Fsp3) is 0.529. The summed E-state index contributed by atoms with van der Waals surface area (Å²) in [6.07, 6.45) is 2.97. The minimum Gasteiger partial charge on any atom is -0.335 e. The van der Waals surface area contributed by atoms with Gasteiger partial charge in [0.05, 0.1) is 19.6 Å². The molecule has 0 aromatic heterocycles. The number of nitrogens with zero attached hydrogens (tertiary/aromatic N) is 1. The van der Waals surface area contributed by atoms with Gasteiger partial charge in [0.15, 0.2) is 0 Å². The Balaban J connectivity index is 1.48. The molecule has 3 rings (SSSR count). The zero-order valence-electron chi connectivity index (χ0n) is 12.6. The molecule has 1 aliphatic carbocycles. The number of hydrazone groups is 1. The van der Waals surface area contributed by atoms with E-state index in [0.717, 1.165) is 38.1 Å². The van der Waals surface area contributed by atoms with Crippen molar-refractivity contribution >= 4 is 11.6 Å². The molecule has 4 heteroatoms. The van der Waals surface area contributed by atoms with Crippen molar-refractivity contribution in [3.63, 3.8) is 0 Å². The number of carbonyl (C=O) groups excluding carboxylic acids is 1. The minimum absolute atomic E-state index is 0.0848. The van der Waals surface area contributed by atoms with Crippen molar-refractivity contribution < 1.29 is 9.69 Å². The third-order valence-electron chi connectivity index (χ3n) is 4.71. The largest absolute Gasteiger partial charge is 0.335 e. The Morgan fingerprint density at radius 1 is 1.29 bits per heavy atom. The second kappa shape index (κ2) is 6.39. The molecule has 2 fully saturated rings. The van der Waals surface area contributed by atoms with Gasteiger partial charge in [-0.3, -0.25) is 4.79 Å². The summed E-state index contributed by atoms with van der Waals surface area (Å²) in [5.41, 5.74) is 5.21. The Morgan fingerprint density at radius 2 is 2.00 bits per heavy atom. The lowest BCUT2D eigenvalue weighted by Crippen LogP contribution is -3.12. The van der Waals surface area contributed by atoms with Gasteiger partial charge in [-0.1, -0.05) is 30.3 Å². The van der Waals surface area contributed by atoms with E-state index in [1.807, 2.05) is 18.2 Å². The molecule has 1 saturated heterocycles. The van der Waals surface area contributed by atoms with E-state index >= 15 is 0 Å². The van der Waals surface area contributed by atoms with Crippen molar-refractivity contribution in [1.82, 2.24) is 5.43 Å². The van der Waals surface area contributed by atoms with Crippen molar-refractivity contribution in [2.75, 3.05) is 19.6 Å². The van der Waals surface area contributed by atoms with Gasteiger partial charge in [-0.2, -0.15) is 5.10 Å². The van der Waals surface area contributed by atoms with E-state index in [-0.39, 0.29) is 11.8 Å². The maximum Gasteiger partial charge on any atom is 0.243 e. The fourth-order valence-electron chi connectivity index (χ4n) is 3.13. The molecular weight excluding hydrogens is 262 g/mol. The van der Waals surface area contributed by atoms with Crippen molar-refractivity contribution in [2.24, 2.45) is 11.0 Å². The van der Waals surface area contributed by atoms with Crippen LogP contribution < -0.4 is 10.3 Å². The summed E-state index contributed by atoms with van der Waals surface area (Å²) in [5, 5.41) is 4.35. The Kier molecular flexibility index (Phi) is 4.34. The molecule has 2 N–H and O–H groups in total. The van der Waals surface area contributed by atoms with E-state index in [4.69, 9.17) is 0 Å². The van der Waals surface area contributed by atoms with Gasteiger partial charge in [0.1, 0.15) is 0 Å². The van der Waals surface area contributed by atoms with Crippen molar-refractivity contribution in [1.29, 1.82) is 0 Å². The topological polar surface area (TPSA) is 45.9 Å². The van der Waals surface area contributed by atoms with Crippen LogP contribution in [0, 0.1) is 5.92 Å². The maximum atomic E-state index is 12.1. The van der Waals surface area contributed by atoms with Crippen LogP contribution in [0.3, 0.4) is 0 Å². The number of hydrogen-bond acceptors (Lipinski definition) is 2. The number of amides is 1. The minimum atomic E-state index is 0.0848. The van der Waals surface area contributed by atoms with Crippen LogP contribution in [0.15, 0.2) is 35.4 Å². The van der Waals surface area contributed by atoms with Crippen LogP contribution >= 0.6 is 0 Å². The molecule has 1 amide bonds. The van der Waals surface area contributed by atoms with Gasteiger partial charge in [-0.05, 0) is 24.8 Å². The van der Waals surface area contributed by atoms with Crippen LogP contribution in [-0.2, 0) is 4.79 Å². The zero-order chi connectivity index (χ0) is 14.7. The number of likely N-dealkylation sites (tertiary alicyclic amines) is 1. The van der Waals surface area contributed by atoms with Gasteiger partial charge in [0, 0.05) is 24.5 Å². The lowest BCUT2D eigenvalue weighted by molar-refractivity contribution is -0.899. The summed E-state index contributed by atoms with van der Waals surface area (Å²) in [5.74, 6) is 0.581. The highest BCUT2D eigenvalue weighted by Crippen LogP contribution is 2.47. The standard InChI is InChI=1S/C17H23N3O/c1-2-20-10-8-14(9-11-20)18-19-17(21)16-12-15(16)13-6-4-3-5-7-13/h3-7,15-16H,2,8-12H2,1H3,(H,19,21)/p+1/t15-,16+/m0/s1. The smallest absolute Gasteiger partial charge is 0.243 e. The predicted molar refractivity (Wildman–Crippen MR) is 83.3 cm³/mol. The molecule has 1 aliphatic heterocycles. The Morgan fingerprint density at radius 3 is 2.67 bits per heavy atom. The molecule has 4 nitrogen and oxygen atoms in total. The van der Waals surface area contributed by atoms with E-state index in [0.29, 0.717) is 5.92 Å². The molecule has 2 aliphatic rings. The van der Waals surface area contributed by atoms with Crippen LogP contribution in [-0.4, -0.2) is 31.3 Å². The van der Waals surface area contributed by atoms with Crippen LogP contribution in [0.2, 0.25) is 0 Å². The number of benzene rings is 1. The monoisotopic (exact) mass is 286 g/mol. The molecule has 0 spiro atoms. The van der Waals surface area contributed by atoms with E-state index in [9.17, 15) is 4.79 Å². The first-order valence-corrected chi connectivity index (χ1v) is 8.01. The summed E-state index contributed by atoms with van der Waals surface area (Å²) < 4.78 is 0. The number of rotatable bonds is 4. The molecule has 1 aromatic rings. The molecule has 1 saturated carbocycles. The molecule has 0 bridgehead atoms. The SMILES string of the molecule is CC[NH+]1CCC(=NNC(=O)[C@@H]2C[C@H]2c2ccccc2)CC1. The van der Waals surface area contributed by atoms with Crippen LogP contribution in [0.25, 0.3) is 0 Å². The summed E-state index contributed by atoms with van der Waals surface area (Å²) in [4.78, 5) is 13.8. The number of carbonyl (C=O) groups is 1. The quantitative estimate of drug-likeness (QED) is 0.796. The van der Waals surface area contributed by atoms with Crippen LogP contribution in [0.1, 0.15) is 37.7 Å². The molecule has 1 aromatic carbocycles. The van der Waals surface area contributed by atoms with E-state index < -0.39 is 0 Å². The third-order valence-corrected chi connectivity index (χ3v) is 4.71. The first kappa shape index (κ1) is 14.3. The lowest BCUT2D eigenvalue weighted by Gasteiger charge is -2.23. The van der Waals surface area contributed by atoms with E-state index in [1.54, 1.807) is 4.90 Å². The summed E-state index contributed by atoms with van der Waals surface area (Å²) >= 11 is 0. The highest BCUT2D eigenvalue weighted by atomic mass is 16.2. The molecule has 2 atom stereocenters. The highest BCUT2D eigenvalue weighted by molar-refractivity contribution is 5.88. The Hall–Kier alpha value is -1.68. The summed E-state index contributed by atoms with van der Waals surface area (Å²) in [6, 6.07) is 10.3. The second-order valence-electron chi connectivity index (χ2n) is 6.12. The van der Waals surface area contributed by atoms with Gasteiger partial charge in [-0.15, -0.1) is 0 Å². The van der Waals surface area contributed by atoms with Crippen LogP contribution in [0.5, 0.6) is 0 Å². The lowest BCUT2D eigenvalue weighted by atomic mass is 10.1.